The molecule has 0 radical (unpaired) electrons. The number of rotatable bonds is 2. The Bertz CT molecular complexity index is 548. The van der Waals surface area contributed by atoms with Crippen LogP contribution in [-0.4, -0.2) is 0 Å². The molecule has 0 nitrogen and oxygen atoms in total. The van der Waals surface area contributed by atoms with Crippen molar-refractivity contribution >= 4 is 6.08 Å². The first kappa shape index (κ1) is 11.7. The van der Waals surface area contributed by atoms with Crippen LogP contribution in [0.2, 0.25) is 0 Å². The second-order valence-electron chi connectivity index (χ2n) is 4.39. The predicted octanol–water partition coefficient (Wildman–Crippen LogP) is 5.00. The fraction of sp³-hybridized carbons (Fsp3) is 0.176. The number of aryl methyl sites for hydroxylation is 1. The number of allylic oxidation sites excluding steroid dienone is 1. The van der Waals surface area contributed by atoms with E-state index in [-0.39, 0.29) is 0 Å². The van der Waals surface area contributed by atoms with Gasteiger partial charge in [0.05, 0.1) is 0 Å². The normalized spacial score (nSPS) is 11.0. The van der Waals surface area contributed by atoms with Crippen molar-refractivity contribution in [2.24, 2.45) is 0 Å². The summed E-state index contributed by atoms with van der Waals surface area (Å²) < 4.78 is 0. The molecule has 0 spiro atoms. The van der Waals surface area contributed by atoms with Crippen molar-refractivity contribution in [3.05, 3.63) is 65.2 Å². The maximum atomic E-state index is 2.24. The SMILES string of the molecule is C/C=C\c1cccc(-c2cccc(C)c2)c1C. The summed E-state index contributed by atoms with van der Waals surface area (Å²) in [6, 6.07) is 15.1. The molecular weight excluding hydrogens is 204 g/mol. The monoisotopic (exact) mass is 222 g/mol. The molecule has 86 valence electrons. The van der Waals surface area contributed by atoms with E-state index in [2.05, 4.69) is 75.4 Å². The Morgan fingerprint density at radius 2 is 1.71 bits per heavy atom. The third-order valence-corrected chi connectivity index (χ3v) is 3.05. The average molecular weight is 222 g/mol. The van der Waals surface area contributed by atoms with Gasteiger partial charge in [-0.25, -0.2) is 0 Å². The van der Waals surface area contributed by atoms with Crippen LogP contribution in [0, 0.1) is 13.8 Å². The maximum absolute atomic E-state index is 2.24. The molecule has 0 fully saturated rings. The van der Waals surface area contributed by atoms with E-state index in [1.54, 1.807) is 0 Å². The first-order valence-corrected chi connectivity index (χ1v) is 6.01. The standard InChI is InChI=1S/C17H18/c1-4-7-15-9-6-11-17(14(15)3)16-10-5-8-13(2)12-16/h4-12H,1-3H3/b7-4-. The molecule has 0 bridgehead atoms. The van der Waals surface area contributed by atoms with Gasteiger partial charge in [0, 0.05) is 0 Å². The van der Waals surface area contributed by atoms with Crippen LogP contribution in [0.4, 0.5) is 0 Å². The molecule has 0 aromatic heterocycles. The van der Waals surface area contributed by atoms with E-state index >= 15 is 0 Å². The van der Waals surface area contributed by atoms with Crippen molar-refractivity contribution in [3.8, 4) is 11.1 Å². The third kappa shape index (κ3) is 2.47. The van der Waals surface area contributed by atoms with Gasteiger partial charge in [0.2, 0.25) is 0 Å². The molecule has 2 rings (SSSR count). The summed E-state index contributed by atoms with van der Waals surface area (Å²) in [7, 11) is 0. The molecule has 0 aliphatic carbocycles. The molecule has 0 aliphatic heterocycles. The fourth-order valence-corrected chi connectivity index (χ4v) is 2.14. The van der Waals surface area contributed by atoms with E-state index in [0.717, 1.165) is 0 Å². The minimum absolute atomic E-state index is 1.30. The Morgan fingerprint density at radius 1 is 0.941 bits per heavy atom. The predicted molar refractivity (Wildman–Crippen MR) is 76.1 cm³/mol. The number of hydrogen-bond donors (Lipinski definition) is 0. The summed E-state index contributed by atoms with van der Waals surface area (Å²) >= 11 is 0. The molecule has 0 amide bonds. The summed E-state index contributed by atoms with van der Waals surface area (Å²) in [6.45, 7) is 6.38. The van der Waals surface area contributed by atoms with Gasteiger partial charge in [0.15, 0.2) is 0 Å². The van der Waals surface area contributed by atoms with Crippen molar-refractivity contribution in [2.45, 2.75) is 20.8 Å². The van der Waals surface area contributed by atoms with Gasteiger partial charge in [-0.2, -0.15) is 0 Å². The van der Waals surface area contributed by atoms with Crippen LogP contribution in [0.1, 0.15) is 23.6 Å². The first-order valence-electron chi connectivity index (χ1n) is 6.01. The van der Waals surface area contributed by atoms with Gasteiger partial charge >= 0.3 is 0 Å². The van der Waals surface area contributed by atoms with Crippen LogP contribution in [0.5, 0.6) is 0 Å². The molecule has 0 saturated carbocycles. The van der Waals surface area contributed by atoms with E-state index in [1.165, 1.54) is 27.8 Å². The van der Waals surface area contributed by atoms with Crippen molar-refractivity contribution in [1.82, 2.24) is 0 Å². The molecule has 2 aromatic carbocycles. The highest BCUT2D eigenvalue weighted by Crippen LogP contribution is 2.26. The third-order valence-electron chi connectivity index (χ3n) is 3.05. The minimum Gasteiger partial charge on any atom is -0.0871 e. The Hall–Kier alpha value is -1.82. The lowest BCUT2D eigenvalue weighted by molar-refractivity contribution is 1.41. The molecular formula is C17H18. The molecule has 0 atom stereocenters. The van der Waals surface area contributed by atoms with E-state index in [9.17, 15) is 0 Å². The zero-order chi connectivity index (χ0) is 12.3. The van der Waals surface area contributed by atoms with Crippen LogP contribution in [0.25, 0.3) is 17.2 Å². The topological polar surface area (TPSA) is 0 Å². The molecule has 0 N–H and O–H groups in total. The Kier molecular flexibility index (Phi) is 3.43. The van der Waals surface area contributed by atoms with Crippen LogP contribution < -0.4 is 0 Å². The number of benzene rings is 2. The second-order valence-corrected chi connectivity index (χ2v) is 4.39. The van der Waals surface area contributed by atoms with Crippen LogP contribution in [0.3, 0.4) is 0 Å². The summed E-state index contributed by atoms with van der Waals surface area (Å²) in [5.74, 6) is 0. The molecule has 0 aliphatic rings. The van der Waals surface area contributed by atoms with Gasteiger partial charge < -0.3 is 0 Å². The van der Waals surface area contributed by atoms with Gasteiger partial charge in [-0.3, -0.25) is 0 Å². The lowest BCUT2D eigenvalue weighted by Gasteiger charge is -2.09. The fourth-order valence-electron chi connectivity index (χ4n) is 2.14. The highest BCUT2D eigenvalue weighted by molar-refractivity contribution is 5.72. The summed E-state index contributed by atoms with van der Waals surface area (Å²) in [4.78, 5) is 0. The average Bonchev–Trinajstić information content (AvgIpc) is 2.32. The van der Waals surface area contributed by atoms with Gasteiger partial charge in [-0.15, -0.1) is 0 Å². The zero-order valence-electron chi connectivity index (χ0n) is 10.7. The Balaban J connectivity index is 2.56. The van der Waals surface area contributed by atoms with Crippen molar-refractivity contribution in [3.63, 3.8) is 0 Å². The maximum Gasteiger partial charge on any atom is -0.0149 e. The molecule has 0 unspecified atom stereocenters. The van der Waals surface area contributed by atoms with E-state index in [4.69, 9.17) is 0 Å². The lowest BCUT2D eigenvalue weighted by atomic mass is 9.95. The second kappa shape index (κ2) is 5.01. The Labute approximate surface area is 104 Å². The molecule has 0 heteroatoms. The molecule has 0 saturated heterocycles. The summed E-state index contributed by atoms with van der Waals surface area (Å²) in [5.41, 5.74) is 6.57. The lowest BCUT2D eigenvalue weighted by Crippen LogP contribution is -1.87. The van der Waals surface area contributed by atoms with Gasteiger partial charge in [-0.1, -0.05) is 60.2 Å². The van der Waals surface area contributed by atoms with Gasteiger partial charge in [0.25, 0.3) is 0 Å². The zero-order valence-corrected chi connectivity index (χ0v) is 10.7. The largest absolute Gasteiger partial charge is 0.0871 e. The Morgan fingerprint density at radius 3 is 2.41 bits per heavy atom. The highest BCUT2D eigenvalue weighted by Gasteiger charge is 2.04. The van der Waals surface area contributed by atoms with Crippen molar-refractivity contribution < 1.29 is 0 Å². The van der Waals surface area contributed by atoms with E-state index < -0.39 is 0 Å². The highest BCUT2D eigenvalue weighted by atomic mass is 14.1. The first-order chi connectivity index (χ1) is 8.22. The van der Waals surface area contributed by atoms with Crippen LogP contribution >= 0.6 is 0 Å². The minimum atomic E-state index is 1.30. The quantitative estimate of drug-likeness (QED) is 0.670. The van der Waals surface area contributed by atoms with Gasteiger partial charge in [-0.05, 0) is 43.0 Å². The summed E-state index contributed by atoms with van der Waals surface area (Å²) in [6.07, 6.45) is 4.25. The molecule has 2 aromatic rings. The van der Waals surface area contributed by atoms with Gasteiger partial charge in [0.1, 0.15) is 0 Å². The van der Waals surface area contributed by atoms with Crippen molar-refractivity contribution in [2.75, 3.05) is 0 Å². The van der Waals surface area contributed by atoms with E-state index in [0.29, 0.717) is 0 Å². The van der Waals surface area contributed by atoms with E-state index in [1.807, 2.05) is 0 Å². The van der Waals surface area contributed by atoms with Crippen LogP contribution in [0.15, 0.2) is 48.5 Å². The smallest absolute Gasteiger partial charge is 0.0149 e. The molecule has 0 heterocycles. The van der Waals surface area contributed by atoms with Crippen LogP contribution in [-0.2, 0) is 0 Å². The summed E-state index contributed by atoms with van der Waals surface area (Å²) in [5, 5.41) is 0. The van der Waals surface area contributed by atoms with Crippen molar-refractivity contribution in [1.29, 1.82) is 0 Å². The number of hydrogen-bond acceptors (Lipinski definition) is 0. The molecule has 17 heavy (non-hydrogen) atoms.